The van der Waals surface area contributed by atoms with Crippen molar-refractivity contribution >= 4 is 5.91 Å². The number of carbonyl (C=O) groups excluding carboxylic acids is 1. The minimum absolute atomic E-state index is 0.226. The number of hydrogen-bond acceptors (Lipinski definition) is 5. The van der Waals surface area contributed by atoms with Crippen LogP contribution in [0.15, 0.2) is 42.5 Å². The summed E-state index contributed by atoms with van der Waals surface area (Å²) in [7, 11) is 1.55. The smallest absolute Gasteiger partial charge is 0.251 e. The second-order valence-electron chi connectivity index (χ2n) is 7.82. The van der Waals surface area contributed by atoms with Crippen LogP contribution >= 0.6 is 0 Å². The Hall–Kier alpha value is -3.33. The SMILES string of the molecule is COc1cccc(C(=O)N[C@@H](C)c2nnc3n2CCN(Cc2ccc(F)cc2F)CC3)c1. The first kappa shape index (κ1) is 21.9. The molecule has 0 unspecified atom stereocenters. The third-order valence-electron chi connectivity index (χ3n) is 5.62. The van der Waals surface area contributed by atoms with Gasteiger partial charge in [-0.1, -0.05) is 12.1 Å². The lowest BCUT2D eigenvalue weighted by molar-refractivity contribution is 0.0937. The molecular formula is C23H25F2N5O2. The zero-order chi connectivity index (χ0) is 22.7. The number of rotatable bonds is 6. The zero-order valence-electron chi connectivity index (χ0n) is 18.0. The molecule has 4 rings (SSSR count). The van der Waals surface area contributed by atoms with Crippen LogP contribution in [0.1, 0.15) is 40.5 Å². The molecule has 2 aromatic carbocycles. The molecule has 0 spiro atoms. The van der Waals surface area contributed by atoms with Crippen molar-refractivity contribution in [1.82, 2.24) is 25.0 Å². The van der Waals surface area contributed by atoms with E-state index in [0.717, 1.165) is 11.9 Å². The molecule has 7 nitrogen and oxygen atoms in total. The summed E-state index contributed by atoms with van der Waals surface area (Å²) >= 11 is 0. The minimum Gasteiger partial charge on any atom is -0.497 e. The number of halogens is 2. The zero-order valence-corrected chi connectivity index (χ0v) is 18.0. The number of nitrogens with one attached hydrogen (secondary N) is 1. The molecule has 1 aromatic heterocycles. The molecule has 32 heavy (non-hydrogen) atoms. The van der Waals surface area contributed by atoms with Gasteiger partial charge in [-0.05, 0) is 31.2 Å². The van der Waals surface area contributed by atoms with Crippen molar-refractivity contribution in [2.75, 3.05) is 20.2 Å². The monoisotopic (exact) mass is 441 g/mol. The minimum atomic E-state index is -0.581. The number of nitrogens with zero attached hydrogens (tertiary/aromatic N) is 4. The molecule has 1 aliphatic rings. The van der Waals surface area contributed by atoms with E-state index in [-0.39, 0.29) is 11.9 Å². The van der Waals surface area contributed by atoms with Crippen molar-refractivity contribution in [1.29, 1.82) is 0 Å². The van der Waals surface area contributed by atoms with E-state index in [1.807, 2.05) is 11.5 Å². The van der Waals surface area contributed by atoms with Gasteiger partial charge in [0, 0.05) is 49.8 Å². The van der Waals surface area contributed by atoms with Gasteiger partial charge in [0.15, 0.2) is 5.82 Å². The lowest BCUT2D eigenvalue weighted by Gasteiger charge is -2.20. The lowest BCUT2D eigenvalue weighted by atomic mass is 10.2. The molecule has 168 valence electrons. The normalized spacial score (nSPS) is 15.0. The summed E-state index contributed by atoms with van der Waals surface area (Å²) in [5.74, 6) is 0.761. The van der Waals surface area contributed by atoms with Crippen molar-refractivity contribution in [2.45, 2.75) is 32.5 Å². The first-order valence-corrected chi connectivity index (χ1v) is 10.5. The predicted molar refractivity (Wildman–Crippen MR) is 114 cm³/mol. The molecule has 9 heteroatoms. The predicted octanol–water partition coefficient (Wildman–Crippen LogP) is 3.11. The highest BCUT2D eigenvalue weighted by Gasteiger charge is 2.23. The van der Waals surface area contributed by atoms with Crippen LogP contribution in [0.3, 0.4) is 0 Å². The van der Waals surface area contributed by atoms with Gasteiger partial charge in [0.05, 0.1) is 13.2 Å². The Bertz CT molecular complexity index is 1120. The summed E-state index contributed by atoms with van der Waals surface area (Å²) in [6, 6.07) is 10.3. The summed E-state index contributed by atoms with van der Waals surface area (Å²) in [6.45, 7) is 4.21. The highest BCUT2D eigenvalue weighted by atomic mass is 19.1. The van der Waals surface area contributed by atoms with Crippen LogP contribution < -0.4 is 10.1 Å². The molecule has 0 saturated heterocycles. The molecule has 2 heterocycles. The third kappa shape index (κ3) is 4.77. The summed E-state index contributed by atoms with van der Waals surface area (Å²) in [6.07, 6.45) is 0.645. The Kier molecular flexibility index (Phi) is 6.45. The maximum absolute atomic E-state index is 14.0. The molecule has 0 fully saturated rings. The Morgan fingerprint density at radius 3 is 2.78 bits per heavy atom. The average Bonchev–Trinajstić information content (AvgIpc) is 3.09. The molecule has 3 aromatic rings. The van der Waals surface area contributed by atoms with Crippen LogP contribution in [0, 0.1) is 11.6 Å². The summed E-state index contributed by atoms with van der Waals surface area (Å²) in [5.41, 5.74) is 0.961. The van der Waals surface area contributed by atoms with E-state index in [1.54, 1.807) is 31.4 Å². The van der Waals surface area contributed by atoms with Gasteiger partial charge in [-0.25, -0.2) is 8.78 Å². The molecule has 1 amide bonds. The highest BCUT2D eigenvalue weighted by molar-refractivity contribution is 5.94. The van der Waals surface area contributed by atoms with E-state index in [4.69, 9.17) is 4.74 Å². The molecule has 0 aliphatic carbocycles. The number of hydrogen-bond donors (Lipinski definition) is 1. The summed E-state index contributed by atoms with van der Waals surface area (Å²) in [5, 5.41) is 11.6. The van der Waals surface area contributed by atoms with Crippen molar-refractivity contribution in [3.8, 4) is 5.75 Å². The van der Waals surface area contributed by atoms with Crippen LogP contribution in [0.2, 0.25) is 0 Å². The topological polar surface area (TPSA) is 72.3 Å². The van der Waals surface area contributed by atoms with Gasteiger partial charge in [-0.3, -0.25) is 9.69 Å². The number of benzene rings is 2. The van der Waals surface area contributed by atoms with E-state index in [9.17, 15) is 13.6 Å². The first-order valence-electron chi connectivity index (χ1n) is 10.5. The fourth-order valence-electron chi connectivity index (χ4n) is 3.87. The number of carbonyl (C=O) groups is 1. The second-order valence-corrected chi connectivity index (χ2v) is 7.82. The van der Waals surface area contributed by atoms with Crippen molar-refractivity contribution < 1.29 is 18.3 Å². The quantitative estimate of drug-likeness (QED) is 0.637. The standard InChI is InChI=1S/C23H25F2N5O2/c1-15(26-23(31)16-4-3-5-19(12-16)32-2)22-28-27-21-8-9-29(10-11-30(21)22)14-17-6-7-18(24)13-20(17)25/h3-7,12-13,15H,8-11,14H2,1-2H3,(H,26,31)/t15-/m0/s1. The molecule has 1 aliphatic heterocycles. The lowest BCUT2D eigenvalue weighted by Crippen LogP contribution is -2.30. The summed E-state index contributed by atoms with van der Waals surface area (Å²) < 4.78 is 34.4. The number of fused-ring (bicyclic) bond motifs is 1. The van der Waals surface area contributed by atoms with Crippen LogP contribution in [-0.2, 0) is 19.5 Å². The van der Waals surface area contributed by atoms with Gasteiger partial charge >= 0.3 is 0 Å². The van der Waals surface area contributed by atoms with E-state index in [2.05, 4.69) is 20.4 Å². The Labute approximate surface area is 185 Å². The molecule has 0 bridgehead atoms. The second kappa shape index (κ2) is 9.44. The van der Waals surface area contributed by atoms with Gasteiger partial charge in [0.1, 0.15) is 23.2 Å². The average molecular weight is 441 g/mol. The van der Waals surface area contributed by atoms with E-state index in [1.165, 1.54) is 12.1 Å². The van der Waals surface area contributed by atoms with Crippen LogP contribution in [0.25, 0.3) is 0 Å². The van der Waals surface area contributed by atoms with Crippen LogP contribution in [0.5, 0.6) is 5.75 Å². The van der Waals surface area contributed by atoms with Gasteiger partial charge in [0.2, 0.25) is 0 Å². The fraction of sp³-hybridized carbons (Fsp3) is 0.348. The van der Waals surface area contributed by atoms with Crippen molar-refractivity contribution in [3.05, 3.63) is 76.9 Å². The molecule has 0 radical (unpaired) electrons. The molecule has 1 N–H and O–H groups in total. The Morgan fingerprint density at radius 2 is 2.00 bits per heavy atom. The highest BCUT2D eigenvalue weighted by Crippen LogP contribution is 2.19. The molecular weight excluding hydrogens is 416 g/mol. The summed E-state index contributed by atoms with van der Waals surface area (Å²) in [4.78, 5) is 14.8. The van der Waals surface area contributed by atoms with Crippen LogP contribution in [-0.4, -0.2) is 45.8 Å². The molecule has 1 atom stereocenters. The van der Waals surface area contributed by atoms with Gasteiger partial charge in [0.25, 0.3) is 5.91 Å². The third-order valence-corrected chi connectivity index (χ3v) is 5.62. The Balaban J connectivity index is 1.42. The number of methoxy groups -OCH3 is 1. The van der Waals surface area contributed by atoms with E-state index < -0.39 is 11.6 Å². The van der Waals surface area contributed by atoms with Gasteiger partial charge < -0.3 is 14.6 Å². The first-order chi connectivity index (χ1) is 15.4. The Morgan fingerprint density at radius 1 is 1.16 bits per heavy atom. The number of aromatic nitrogens is 3. The number of amides is 1. The van der Waals surface area contributed by atoms with Crippen molar-refractivity contribution in [3.63, 3.8) is 0 Å². The van der Waals surface area contributed by atoms with Crippen LogP contribution in [0.4, 0.5) is 8.78 Å². The van der Waals surface area contributed by atoms with E-state index in [0.29, 0.717) is 55.3 Å². The fourth-order valence-corrected chi connectivity index (χ4v) is 3.87. The van der Waals surface area contributed by atoms with E-state index >= 15 is 0 Å². The van der Waals surface area contributed by atoms with Gasteiger partial charge in [-0.2, -0.15) is 0 Å². The van der Waals surface area contributed by atoms with Crippen molar-refractivity contribution in [2.24, 2.45) is 0 Å². The maximum atomic E-state index is 14.0. The van der Waals surface area contributed by atoms with Gasteiger partial charge in [-0.15, -0.1) is 10.2 Å². The largest absolute Gasteiger partial charge is 0.497 e. The molecule has 0 saturated carbocycles. The number of ether oxygens (including phenoxy) is 1. The maximum Gasteiger partial charge on any atom is 0.251 e.